The second-order valence-corrected chi connectivity index (χ2v) is 5.96. The van der Waals surface area contributed by atoms with E-state index >= 15 is 0 Å². The smallest absolute Gasteiger partial charge is 0.186 e. The normalized spacial score (nSPS) is 20.6. The topological polar surface area (TPSA) is 51.4 Å². The van der Waals surface area contributed by atoms with Crippen LogP contribution in [-0.4, -0.2) is 31.3 Å². The molecule has 102 valence electrons. The zero-order chi connectivity index (χ0) is 13.1. The Morgan fingerprint density at radius 2 is 2.39 bits per heavy atom. The lowest BCUT2D eigenvalue weighted by Crippen LogP contribution is -2.36. The Balaban J connectivity index is 2.21. The van der Waals surface area contributed by atoms with E-state index in [0.29, 0.717) is 6.04 Å². The van der Waals surface area contributed by atoms with Crippen molar-refractivity contribution in [1.29, 1.82) is 0 Å². The summed E-state index contributed by atoms with van der Waals surface area (Å²) in [6.07, 6.45) is 3.39. The minimum atomic E-state index is 0.134. The van der Waals surface area contributed by atoms with Crippen LogP contribution in [0.3, 0.4) is 0 Å². The van der Waals surface area contributed by atoms with Crippen LogP contribution in [0.1, 0.15) is 43.3 Å². The lowest BCUT2D eigenvalue weighted by Gasteiger charge is -2.26. The van der Waals surface area contributed by atoms with E-state index in [0.717, 1.165) is 36.8 Å². The van der Waals surface area contributed by atoms with Gasteiger partial charge in [0.25, 0.3) is 0 Å². The Bertz CT molecular complexity index is 394. The summed E-state index contributed by atoms with van der Waals surface area (Å²) < 4.78 is 5.24. The van der Waals surface area contributed by atoms with E-state index in [4.69, 9.17) is 15.5 Å². The summed E-state index contributed by atoms with van der Waals surface area (Å²) in [5.74, 6) is 0. The molecule has 0 fully saturated rings. The molecule has 0 bridgehead atoms. The summed E-state index contributed by atoms with van der Waals surface area (Å²) in [5, 5.41) is 1.10. The predicted octanol–water partition coefficient (Wildman–Crippen LogP) is 2.34. The molecular formula is C13H23N3OS. The number of fused-ring (bicyclic) bond motifs is 1. The van der Waals surface area contributed by atoms with Crippen molar-refractivity contribution < 1.29 is 4.74 Å². The fourth-order valence-electron chi connectivity index (χ4n) is 2.53. The zero-order valence-corrected chi connectivity index (χ0v) is 12.3. The van der Waals surface area contributed by atoms with Crippen molar-refractivity contribution in [2.75, 3.05) is 25.2 Å². The van der Waals surface area contributed by atoms with Crippen LogP contribution in [-0.2, 0) is 11.2 Å². The van der Waals surface area contributed by atoms with Gasteiger partial charge < -0.3 is 15.4 Å². The van der Waals surface area contributed by atoms with E-state index in [9.17, 15) is 0 Å². The van der Waals surface area contributed by atoms with E-state index in [2.05, 4.69) is 18.7 Å². The SMILES string of the molecule is CCN(c1nc2c(s1)CCCC2N)C(C)COC. The number of anilines is 1. The van der Waals surface area contributed by atoms with E-state index in [-0.39, 0.29) is 6.04 Å². The van der Waals surface area contributed by atoms with Crippen LogP contribution in [0.4, 0.5) is 5.13 Å². The number of ether oxygens (including phenoxy) is 1. The minimum Gasteiger partial charge on any atom is -0.383 e. The van der Waals surface area contributed by atoms with Gasteiger partial charge in [0.2, 0.25) is 0 Å². The molecule has 0 spiro atoms. The number of hydrogen-bond donors (Lipinski definition) is 1. The molecule has 5 heteroatoms. The number of hydrogen-bond acceptors (Lipinski definition) is 5. The summed E-state index contributed by atoms with van der Waals surface area (Å²) >= 11 is 1.81. The monoisotopic (exact) mass is 269 g/mol. The largest absolute Gasteiger partial charge is 0.383 e. The van der Waals surface area contributed by atoms with Crippen LogP contribution in [0.15, 0.2) is 0 Å². The number of rotatable bonds is 5. The van der Waals surface area contributed by atoms with Gasteiger partial charge in [-0.3, -0.25) is 0 Å². The Morgan fingerprint density at radius 1 is 1.61 bits per heavy atom. The van der Waals surface area contributed by atoms with Gasteiger partial charge in [0.15, 0.2) is 5.13 Å². The maximum atomic E-state index is 6.14. The summed E-state index contributed by atoms with van der Waals surface area (Å²) in [7, 11) is 1.74. The molecular weight excluding hydrogens is 246 g/mol. The van der Waals surface area contributed by atoms with Gasteiger partial charge in [-0.1, -0.05) is 0 Å². The second-order valence-electron chi connectivity index (χ2n) is 4.89. The van der Waals surface area contributed by atoms with Crippen molar-refractivity contribution in [2.24, 2.45) is 5.73 Å². The van der Waals surface area contributed by atoms with E-state index in [1.807, 2.05) is 0 Å². The Labute approximate surface area is 113 Å². The lowest BCUT2D eigenvalue weighted by atomic mass is 9.99. The Hall–Kier alpha value is -0.650. The Kier molecular flexibility index (Phi) is 4.59. The van der Waals surface area contributed by atoms with Crippen molar-refractivity contribution in [1.82, 2.24) is 4.98 Å². The summed E-state index contributed by atoms with van der Waals surface area (Å²) in [6, 6.07) is 0.485. The molecule has 0 radical (unpaired) electrons. The average molecular weight is 269 g/mol. The quantitative estimate of drug-likeness (QED) is 0.891. The molecule has 0 aromatic carbocycles. The number of methoxy groups -OCH3 is 1. The number of likely N-dealkylation sites (N-methyl/N-ethyl adjacent to an activating group) is 1. The first kappa shape index (κ1) is 13.8. The first-order valence-corrected chi connectivity index (χ1v) is 7.49. The van der Waals surface area contributed by atoms with Crippen molar-refractivity contribution in [3.63, 3.8) is 0 Å². The molecule has 0 saturated carbocycles. The van der Waals surface area contributed by atoms with Crippen LogP contribution < -0.4 is 10.6 Å². The molecule has 2 rings (SSSR count). The second kappa shape index (κ2) is 5.99. The van der Waals surface area contributed by atoms with Crippen LogP contribution in [0, 0.1) is 0 Å². The maximum Gasteiger partial charge on any atom is 0.186 e. The zero-order valence-electron chi connectivity index (χ0n) is 11.5. The van der Waals surface area contributed by atoms with E-state index < -0.39 is 0 Å². The molecule has 0 amide bonds. The fraction of sp³-hybridized carbons (Fsp3) is 0.769. The van der Waals surface area contributed by atoms with Gasteiger partial charge in [0.1, 0.15) is 0 Å². The number of nitrogens with two attached hydrogens (primary N) is 1. The molecule has 1 aliphatic carbocycles. The first-order valence-electron chi connectivity index (χ1n) is 6.68. The van der Waals surface area contributed by atoms with Gasteiger partial charge in [-0.15, -0.1) is 11.3 Å². The van der Waals surface area contributed by atoms with Gasteiger partial charge in [-0.25, -0.2) is 4.98 Å². The molecule has 1 aliphatic rings. The van der Waals surface area contributed by atoms with Gasteiger partial charge >= 0.3 is 0 Å². The third-order valence-electron chi connectivity index (χ3n) is 3.51. The summed E-state index contributed by atoms with van der Waals surface area (Å²) in [6.45, 7) is 6.01. The first-order chi connectivity index (χ1) is 8.67. The van der Waals surface area contributed by atoms with Crippen molar-refractivity contribution in [3.05, 3.63) is 10.6 Å². The molecule has 4 nitrogen and oxygen atoms in total. The highest BCUT2D eigenvalue weighted by Gasteiger charge is 2.24. The number of aromatic nitrogens is 1. The summed E-state index contributed by atoms with van der Waals surface area (Å²) in [4.78, 5) is 8.46. The van der Waals surface area contributed by atoms with Crippen molar-refractivity contribution in [3.8, 4) is 0 Å². The van der Waals surface area contributed by atoms with Gasteiger partial charge in [0, 0.05) is 24.6 Å². The molecule has 0 saturated heterocycles. The molecule has 0 aliphatic heterocycles. The Morgan fingerprint density at radius 3 is 3.00 bits per heavy atom. The van der Waals surface area contributed by atoms with E-state index in [1.54, 1.807) is 18.4 Å². The third-order valence-corrected chi connectivity index (χ3v) is 4.68. The number of aryl methyl sites for hydroxylation is 1. The standard InChI is InChI=1S/C13H23N3OS/c1-4-16(9(2)8-17-3)13-15-12-10(14)6-5-7-11(12)18-13/h9-10H,4-8,14H2,1-3H3. The highest BCUT2D eigenvalue weighted by Crippen LogP contribution is 2.36. The molecule has 2 N–H and O–H groups in total. The van der Waals surface area contributed by atoms with Gasteiger partial charge in [0.05, 0.1) is 18.3 Å². The fourth-order valence-corrected chi connectivity index (χ4v) is 3.87. The number of nitrogens with zero attached hydrogens (tertiary/aromatic N) is 2. The molecule has 2 atom stereocenters. The van der Waals surface area contributed by atoms with Crippen LogP contribution >= 0.6 is 11.3 Å². The minimum absolute atomic E-state index is 0.134. The predicted molar refractivity (Wildman–Crippen MR) is 76.3 cm³/mol. The molecule has 2 unspecified atom stereocenters. The van der Waals surface area contributed by atoms with E-state index in [1.165, 1.54) is 11.3 Å². The van der Waals surface area contributed by atoms with Crippen LogP contribution in [0.25, 0.3) is 0 Å². The molecule has 1 aromatic rings. The molecule has 1 aromatic heterocycles. The highest BCUT2D eigenvalue weighted by molar-refractivity contribution is 7.15. The summed E-state index contributed by atoms with van der Waals surface area (Å²) in [5.41, 5.74) is 7.27. The van der Waals surface area contributed by atoms with Crippen LogP contribution in [0.5, 0.6) is 0 Å². The maximum absolute atomic E-state index is 6.14. The van der Waals surface area contributed by atoms with Crippen molar-refractivity contribution >= 4 is 16.5 Å². The van der Waals surface area contributed by atoms with Crippen LogP contribution in [0.2, 0.25) is 0 Å². The highest BCUT2D eigenvalue weighted by atomic mass is 32.1. The lowest BCUT2D eigenvalue weighted by molar-refractivity contribution is 0.182. The third kappa shape index (κ3) is 2.68. The molecule has 1 heterocycles. The van der Waals surface area contributed by atoms with Gasteiger partial charge in [-0.05, 0) is 33.1 Å². The van der Waals surface area contributed by atoms with Gasteiger partial charge in [-0.2, -0.15) is 0 Å². The molecule has 18 heavy (non-hydrogen) atoms. The number of thiazole rings is 1. The van der Waals surface area contributed by atoms with Crippen molar-refractivity contribution in [2.45, 2.75) is 45.2 Å². The average Bonchev–Trinajstić information content (AvgIpc) is 2.75.